The first-order valence-corrected chi connectivity index (χ1v) is 6.79. The van der Waals surface area contributed by atoms with Crippen LogP contribution in [0.1, 0.15) is 25.0 Å². The number of nitrogens with one attached hydrogen (secondary N) is 1. The molecule has 17 heavy (non-hydrogen) atoms. The molecule has 1 aromatic carbocycles. The van der Waals surface area contributed by atoms with Crippen molar-refractivity contribution in [1.82, 2.24) is 4.98 Å². The van der Waals surface area contributed by atoms with E-state index in [0.29, 0.717) is 0 Å². The Morgan fingerprint density at radius 1 is 1.29 bits per heavy atom. The lowest BCUT2D eigenvalue weighted by atomic mass is 10.1. The highest BCUT2D eigenvalue weighted by molar-refractivity contribution is 9.10. The molecular formula is C14H17BrN2. The first-order chi connectivity index (χ1) is 8.17. The van der Waals surface area contributed by atoms with Crippen LogP contribution < -0.4 is 5.32 Å². The first kappa shape index (κ1) is 12.4. The third-order valence-corrected chi connectivity index (χ3v) is 3.60. The second-order valence-corrected chi connectivity index (χ2v) is 4.99. The van der Waals surface area contributed by atoms with Crippen LogP contribution in [0.3, 0.4) is 0 Å². The monoisotopic (exact) mass is 292 g/mol. The van der Waals surface area contributed by atoms with Crippen LogP contribution in [0.25, 0.3) is 10.9 Å². The van der Waals surface area contributed by atoms with E-state index in [1.54, 1.807) is 0 Å². The molecule has 1 heterocycles. The lowest BCUT2D eigenvalue weighted by Crippen LogP contribution is -2.03. The topological polar surface area (TPSA) is 24.9 Å². The van der Waals surface area contributed by atoms with E-state index in [2.05, 4.69) is 60.2 Å². The average Bonchev–Trinajstić information content (AvgIpc) is 2.34. The zero-order valence-electron chi connectivity index (χ0n) is 10.5. The summed E-state index contributed by atoms with van der Waals surface area (Å²) in [7, 11) is 0. The van der Waals surface area contributed by atoms with Crippen LogP contribution in [0, 0.1) is 6.92 Å². The molecule has 0 amide bonds. The van der Waals surface area contributed by atoms with Gasteiger partial charge in [0.05, 0.1) is 5.52 Å². The van der Waals surface area contributed by atoms with Crippen LogP contribution in [0.4, 0.5) is 5.82 Å². The van der Waals surface area contributed by atoms with Crippen LogP contribution in [0.5, 0.6) is 0 Å². The van der Waals surface area contributed by atoms with Gasteiger partial charge in [-0.05, 0) is 59.5 Å². The SMILES string of the molecule is CCNc1nc2c(Br)ccc(C)c2cc1CC. The predicted octanol–water partition coefficient (Wildman–Crippen LogP) is 4.30. The summed E-state index contributed by atoms with van der Waals surface area (Å²) < 4.78 is 1.06. The van der Waals surface area contributed by atoms with E-state index in [1.165, 1.54) is 16.5 Å². The minimum Gasteiger partial charge on any atom is -0.370 e. The molecule has 0 spiro atoms. The van der Waals surface area contributed by atoms with Gasteiger partial charge in [-0.15, -0.1) is 0 Å². The molecule has 0 aliphatic carbocycles. The van der Waals surface area contributed by atoms with E-state index >= 15 is 0 Å². The van der Waals surface area contributed by atoms with Crippen molar-refractivity contribution in [2.75, 3.05) is 11.9 Å². The normalized spacial score (nSPS) is 10.8. The second kappa shape index (κ2) is 5.05. The molecular weight excluding hydrogens is 276 g/mol. The summed E-state index contributed by atoms with van der Waals surface area (Å²) in [5.74, 6) is 1.01. The molecule has 0 unspecified atom stereocenters. The lowest BCUT2D eigenvalue weighted by molar-refractivity contribution is 1.08. The van der Waals surface area contributed by atoms with Gasteiger partial charge in [0.25, 0.3) is 0 Å². The van der Waals surface area contributed by atoms with Crippen LogP contribution in [0.15, 0.2) is 22.7 Å². The fraction of sp³-hybridized carbons (Fsp3) is 0.357. The lowest BCUT2D eigenvalue weighted by Gasteiger charge is -2.12. The van der Waals surface area contributed by atoms with Gasteiger partial charge in [0.2, 0.25) is 0 Å². The molecule has 0 saturated carbocycles. The van der Waals surface area contributed by atoms with Gasteiger partial charge in [-0.1, -0.05) is 13.0 Å². The van der Waals surface area contributed by atoms with E-state index in [-0.39, 0.29) is 0 Å². The maximum absolute atomic E-state index is 4.74. The van der Waals surface area contributed by atoms with Crippen LogP contribution in [0.2, 0.25) is 0 Å². The van der Waals surface area contributed by atoms with E-state index in [0.717, 1.165) is 28.8 Å². The number of rotatable bonds is 3. The minimum absolute atomic E-state index is 0.898. The van der Waals surface area contributed by atoms with E-state index < -0.39 is 0 Å². The molecule has 0 saturated heterocycles. The highest BCUT2D eigenvalue weighted by atomic mass is 79.9. The third kappa shape index (κ3) is 2.29. The van der Waals surface area contributed by atoms with Crippen LogP contribution in [-0.4, -0.2) is 11.5 Å². The molecule has 2 nitrogen and oxygen atoms in total. The number of benzene rings is 1. The zero-order chi connectivity index (χ0) is 12.4. The standard InChI is InChI=1S/C14H17BrN2/c1-4-10-8-11-9(3)6-7-12(15)13(11)17-14(10)16-5-2/h6-8H,4-5H2,1-3H3,(H,16,17). The Hall–Kier alpha value is -1.09. The first-order valence-electron chi connectivity index (χ1n) is 6.00. The van der Waals surface area contributed by atoms with Crippen LogP contribution in [-0.2, 0) is 6.42 Å². The van der Waals surface area contributed by atoms with Gasteiger partial charge in [0, 0.05) is 16.4 Å². The Balaban J connectivity index is 2.73. The number of aromatic nitrogens is 1. The molecule has 0 fully saturated rings. The number of nitrogens with zero attached hydrogens (tertiary/aromatic N) is 1. The Morgan fingerprint density at radius 2 is 2.06 bits per heavy atom. The predicted molar refractivity (Wildman–Crippen MR) is 77.7 cm³/mol. The van der Waals surface area contributed by atoms with Gasteiger partial charge in [-0.2, -0.15) is 0 Å². The van der Waals surface area contributed by atoms with Gasteiger partial charge >= 0.3 is 0 Å². The van der Waals surface area contributed by atoms with Crippen molar-refractivity contribution < 1.29 is 0 Å². The summed E-state index contributed by atoms with van der Waals surface area (Å²) in [4.78, 5) is 4.74. The molecule has 90 valence electrons. The van der Waals surface area contributed by atoms with Gasteiger partial charge in [0.1, 0.15) is 5.82 Å². The van der Waals surface area contributed by atoms with Gasteiger partial charge < -0.3 is 5.32 Å². The Labute approximate surface area is 111 Å². The molecule has 0 aliphatic heterocycles. The molecule has 2 aromatic rings. The quantitative estimate of drug-likeness (QED) is 0.912. The smallest absolute Gasteiger partial charge is 0.129 e. The van der Waals surface area contributed by atoms with Gasteiger partial charge in [-0.25, -0.2) is 4.98 Å². The summed E-state index contributed by atoms with van der Waals surface area (Å²) in [5, 5.41) is 4.57. The van der Waals surface area contributed by atoms with Crippen molar-refractivity contribution in [2.24, 2.45) is 0 Å². The van der Waals surface area contributed by atoms with Gasteiger partial charge in [-0.3, -0.25) is 0 Å². The molecule has 1 aromatic heterocycles. The van der Waals surface area contributed by atoms with Crippen molar-refractivity contribution in [1.29, 1.82) is 0 Å². The Bertz CT molecular complexity index is 549. The molecule has 0 radical (unpaired) electrons. The number of hydrogen-bond donors (Lipinski definition) is 1. The van der Waals surface area contributed by atoms with Crippen molar-refractivity contribution in [3.63, 3.8) is 0 Å². The van der Waals surface area contributed by atoms with Crippen molar-refractivity contribution in [3.8, 4) is 0 Å². The fourth-order valence-corrected chi connectivity index (χ4v) is 2.43. The summed E-state index contributed by atoms with van der Waals surface area (Å²) in [5.41, 5.74) is 3.59. The number of fused-ring (bicyclic) bond motifs is 1. The molecule has 3 heteroatoms. The summed E-state index contributed by atoms with van der Waals surface area (Å²) in [6.07, 6.45) is 0.997. The highest BCUT2D eigenvalue weighted by Crippen LogP contribution is 2.29. The molecule has 0 bridgehead atoms. The van der Waals surface area contributed by atoms with Crippen LogP contribution >= 0.6 is 15.9 Å². The maximum Gasteiger partial charge on any atom is 0.129 e. The third-order valence-electron chi connectivity index (χ3n) is 2.96. The van der Waals surface area contributed by atoms with Gasteiger partial charge in [0.15, 0.2) is 0 Å². The highest BCUT2D eigenvalue weighted by Gasteiger charge is 2.08. The van der Waals surface area contributed by atoms with Crippen molar-refractivity contribution >= 4 is 32.7 Å². The molecule has 0 aliphatic rings. The minimum atomic E-state index is 0.898. The van der Waals surface area contributed by atoms with E-state index in [9.17, 15) is 0 Å². The Kier molecular flexibility index (Phi) is 3.67. The fourth-order valence-electron chi connectivity index (χ4n) is 1.99. The second-order valence-electron chi connectivity index (χ2n) is 4.14. The average molecular weight is 293 g/mol. The molecule has 0 atom stereocenters. The summed E-state index contributed by atoms with van der Waals surface area (Å²) in [6, 6.07) is 6.44. The number of halogens is 1. The van der Waals surface area contributed by atoms with Crippen molar-refractivity contribution in [3.05, 3.63) is 33.8 Å². The Morgan fingerprint density at radius 3 is 2.71 bits per heavy atom. The molecule has 1 N–H and O–H groups in total. The summed E-state index contributed by atoms with van der Waals surface area (Å²) >= 11 is 3.57. The molecule has 2 rings (SSSR count). The van der Waals surface area contributed by atoms with E-state index in [4.69, 9.17) is 4.98 Å². The van der Waals surface area contributed by atoms with E-state index in [1.807, 2.05) is 0 Å². The maximum atomic E-state index is 4.74. The largest absolute Gasteiger partial charge is 0.370 e. The summed E-state index contributed by atoms with van der Waals surface area (Å²) in [6.45, 7) is 7.28. The zero-order valence-corrected chi connectivity index (χ0v) is 12.1. The number of pyridine rings is 1. The number of anilines is 1. The number of aryl methyl sites for hydroxylation is 2. The van der Waals surface area contributed by atoms with Crippen molar-refractivity contribution in [2.45, 2.75) is 27.2 Å². The number of hydrogen-bond acceptors (Lipinski definition) is 2.